The largest absolute Gasteiger partial charge is 0.355 e. The van der Waals surface area contributed by atoms with Crippen LogP contribution in [0.4, 0.5) is 14.5 Å². The summed E-state index contributed by atoms with van der Waals surface area (Å²) < 4.78 is 28.4. The zero-order chi connectivity index (χ0) is 23.1. The number of aryl methyl sites for hydroxylation is 2. The summed E-state index contributed by atoms with van der Waals surface area (Å²) in [5.74, 6) is -1.54. The van der Waals surface area contributed by atoms with Crippen LogP contribution in [0.2, 0.25) is 0 Å². The summed E-state index contributed by atoms with van der Waals surface area (Å²) in [6.07, 6.45) is 3.15. The highest BCUT2D eigenvalue weighted by Gasteiger charge is 2.13. The third-order valence-corrected chi connectivity index (χ3v) is 5.26. The molecule has 1 N–H and O–H groups in total. The molecule has 2 aromatic carbocycles. The number of rotatable bonds is 9. The van der Waals surface area contributed by atoms with E-state index in [2.05, 4.69) is 16.9 Å². The first-order valence-electron chi connectivity index (χ1n) is 10.5. The molecule has 0 aromatic heterocycles. The molecule has 3 nitrogen and oxygen atoms in total. The second kappa shape index (κ2) is 10.8. The molecule has 0 aliphatic heterocycles. The lowest BCUT2D eigenvalue weighted by Crippen LogP contribution is -2.08. The summed E-state index contributed by atoms with van der Waals surface area (Å²) in [4.78, 5) is 16.4. The second-order valence-electron chi connectivity index (χ2n) is 7.39. The fourth-order valence-electron chi connectivity index (χ4n) is 3.20. The Bertz CT molecular complexity index is 1050. The van der Waals surface area contributed by atoms with Gasteiger partial charge in [0, 0.05) is 29.4 Å². The van der Waals surface area contributed by atoms with E-state index in [0.717, 1.165) is 23.2 Å². The highest BCUT2D eigenvalue weighted by atomic mass is 19.2. The lowest BCUT2D eigenvalue weighted by atomic mass is 9.99. The molecule has 0 aliphatic carbocycles. The van der Waals surface area contributed by atoms with Crippen molar-refractivity contribution >= 4 is 22.8 Å². The Labute approximate surface area is 183 Å². The van der Waals surface area contributed by atoms with Gasteiger partial charge in [0.05, 0.1) is 11.4 Å². The van der Waals surface area contributed by atoms with Crippen molar-refractivity contribution in [2.45, 2.75) is 53.9 Å². The summed E-state index contributed by atoms with van der Waals surface area (Å²) >= 11 is 0. The maximum atomic E-state index is 14.3. The average molecular weight is 425 g/mol. The second-order valence-corrected chi connectivity index (χ2v) is 7.39. The Morgan fingerprint density at radius 1 is 1.00 bits per heavy atom. The number of nitrogens with one attached hydrogen (secondary N) is 1. The lowest BCUT2D eigenvalue weighted by molar-refractivity contribution is 0.0987. The molecule has 5 heteroatoms. The van der Waals surface area contributed by atoms with E-state index in [-0.39, 0.29) is 11.3 Å². The number of carbonyl (C=O) groups is 1. The van der Waals surface area contributed by atoms with Crippen molar-refractivity contribution in [1.82, 2.24) is 0 Å². The first-order valence-corrected chi connectivity index (χ1v) is 10.5. The third-order valence-electron chi connectivity index (χ3n) is 5.26. The van der Waals surface area contributed by atoms with Crippen molar-refractivity contribution in [2.24, 2.45) is 4.99 Å². The predicted octanol–water partition coefficient (Wildman–Crippen LogP) is 7.13. The monoisotopic (exact) mass is 424 g/mol. The van der Waals surface area contributed by atoms with Crippen LogP contribution in [-0.4, -0.2) is 11.5 Å². The first-order chi connectivity index (χ1) is 14.7. The van der Waals surface area contributed by atoms with E-state index in [1.165, 1.54) is 6.20 Å². The molecule has 0 fully saturated rings. The van der Waals surface area contributed by atoms with E-state index in [9.17, 15) is 13.6 Å². The summed E-state index contributed by atoms with van der Waals surface area (Å²) in [6.45, 7) is 13.1. The molecule has 0 radical (unpaired) electrons. The molecular weight excluding hydrogens is 394 g/mol. The van der Waals surface area contributed by atoms with Crippen molar-refractivity contribution < 1.29 is 13.6 Å². The highest BCUT2D eigenvalue weighted by molar-refractivity contribution is 6.01. The SMILES string of the molecule is C=C(Nc1ccc(C(=O)CC)c(CC)c1)/C(C)=N/C=C(\C)c1ccc(CC)c(F)c1F. The normalized spacial score (nSPS) is 12.1. The fourth-order valence-corrected chi connectivity index (χ4v) is 3.20. The molecule has 0 saturated carbocycles. The molecule has 0 unspecified atom stereocenters. The van der Waals surface area contributed by atoms with Gasteiger partial charge in [0.1, 0.15) is 0 Å². The van der Waals surface area contributed by atoms with Gasteiger partial charge in [0.25, 0.3) is 0 Å². The molecule has 31 heavy (non-hydrogen) atoms. The summed E-state index contributed by atoms with van der Waals surface area (Å²) in [5, 5.41) is 3.20. The van der Waals surface area contributed by atoms with Crippen LogP contribution < -0.4 is 5.32 Å². The first kappa shape index (κ1) is 24.2. The topological polar surface area (TPSA) is 41.5 Å². The maximum Gasteiger partial charge on any atom is 0.166 e. The molecule has 0 atom stereocenters. The number of carbonyl (C=O) groups excluding carboxylic acids is 1. The molecule has 164 valence electrons. The highest BCUT2D eigenvalue weighted by Crippen LogP contribution is 2.24. The van der Waals surface area contributed by atoms with Gasteiger partial charge in [-0.2, -0.15) is 0 Å². The van der Waals surface area contributed by atoms with Gasteiger partial charge in [0.2, 0.25) is 0 Å². The number of anilines is 1. The summed E-state index contributed by atoms with van der Waals surface area (Å²) in [6, 6.07) is 8.78. The Hall–Kier alpha value is -3.08. The number of allylic oxidation sites excluding steroid dienone is 2. The Kier molecular flexibility index (Phi) is 8.43. The predicted molar refractivity (Wildman–Crippen MR) is 126 cm³/mol. The number of hydrogen-bond donors (Lipinski definition) is 1. The molecule has 2 aromatic rings. The van der Waals surface area contributed by atoms with E-state index in [1.54, 1.807) is 32.9 Å². The number of benzene rings is 2. The molecule has 2 rings (SSSR count). The van der Waals surface area contributed by atoms with Crippen molar-refractivity contribution in [3.8, 4) is 0 Å². The minimum Gasteiger partial charge on any atom is -0.355 e. The summed E-state index contributed by atoms with van der Waals surface area (Å²) in [7, 11) is 0. The summed E-state index contributed by atoms with van der Waals surface area (Å²) in [5.41, 5.74) is 4.77. The number of aliphatic imine (C=N–C) groups is 1. The van der Waals surface area contributed by atoms with Crippen LogP contribution in [0.15, 0.2) is 53.8 Å². The Morgan fingerprint density at radius 3 is 2.26 bits per heavy atom. The molecule has 0 spiro atoms. The van der Waals surface area contributed by atoms with Crippen LogP contribution in [0.1, 0.15) is 68.1 Å². The van der Waals surface area contributed by atoms with Crippen LogP contribution in [-0.2, 0) is 12.8 Å². The zero-order valence-electron chi connectivity index (χ0n) is 18.9. The average Bonchev–Trinajstić information content (AvgIpc) is 2.78. The van der Waals surface area contributed by atoms with Crippen molar-refractivity contribution in [3.05, 3.63) is 82.7 Å². The van der Waals surface area contributed by atoms with Crippen molar-refractivity contribution in [3.63, 3.8) is 0 Å². The van der Waals surface area contributed by atoms with E-state index < -0.39 is 11.6 Å². The van der Waals surface area contributed by atoms with Gasteiger partial charge in [-0.3, -0.25) is 9.79 Å². The number of nitrogens with zero attached hydrogens (tertiary/aromatic N) is 1. The number of Topliss-reactive ketones (excluding diaryl/α,β-unsaturated/α-hetero) is 1. The van der Waals surface area contributed by atoms with Gasteiger partial charge in [-0.1, -0.05) is 39.5 Å². The zero-order valence-corrected chi connectivity index (χ0v) is 18.9. The Balaban J connectivity index is 2.20. The minimum absolute atomic E-state index is 0.122. The fraction of sp³-hybridized carbons (Fsp3) is 0.308. The van der Waals surface area contributed by atoms with E-state index in [4.69, 9.17) is 0 Å². The van der Waals surface area contributed by atoms with Crippen LogP contribution >= 0.6 is 0 Å². The minimum atomic E-state index is -0.855. The molecule has 0 bridgehead atoms. The number of ketones is 1. The van der Waals surface area contributed by atoms with Gasteiger partial charge >= 0.3 is 0 Å². The quantitative estimate of drug-likeness (QED) is 0.344. The lowest BCUT2D eigenvalue weighted by Gasteiger charge is -2.13. The Morgan fingerprint density at radius 2 is 1.65 bits per heavy atom. The maximum absolute atomic E-state index is 14.3. The molecule has 0 heterocycles. The van der Waals surface area contributed by atoms with Crippen LogP contribution in [0, 0.1) is 11.6 Å². The van der Waals surface area contributed by atoms with Crippen LogP contribution in [0.25, 0.3) is 5.57 Å². The third kappa shape index (κ3) is 5.75. The molecule has 0 aliphatic rings. The number of hydrogen-bond acceptors (Lipinski definition) is 3. The molecule has 0 amide bonds. The van der Waals surface area contributed by atoms with Gasteiger partial charge < -0.3 is 5.32 Å². The van der Waals surface area contributed by atoms with Gasteiger partial charge in [-0.25, -0.2) is 8.78 Å². The van der Waals surface area contributed by atoms with Crippen LogP contribution in [0.5, 0.6) is 0 Å². The van der Waals surface area contributed by atoms with E-state index >= 15 is 0 Å². The van der Waals surface area contributed by atoms with E-state index in [1.807, 2.05) is 32.0 Å². The molecule has 0 saturated heterocycles. The van der Waals surface area contributed by atoms with Crippen molar-refractivity contribution in [1.29, 1.82) is 0 Å². The van der Waals surface area contributed by atoms with Crippen molar-refractivity contribution in [2.75, 3.05) is 5.32 Å². The van der Waals surface area contributed by atoms with Gasteiger partial charge in [-0.05, 0) is 61.6 Å². The standard InChI is InChI=1S/C26H30F2N2O/c1-7-19-10-12-22(26(28)25(19)27)16(4)15-29-17(5)18(6)30-21-11-13-23(24(31)9-3)20(8-2)14-21/h10-15,30H,6-9H2,1-5H3/b16-15+,29-17+. The van der Waals surface area contributed by atoms with Gasteiger partial charge in [0.15, 0.2) is 17.4 Å². The molecular formula is C26H30F2N2O. The smallest absolute Gasteiger partial charge is 0.166 e. The van der Waals surface area contributed by atoms with Crippen LogP contribution in [0.3, 0.4) is 0 Å². The number of halogens is 2. The van der Waals surface area contributed by atoms with Gasteiger partial charge in [-0.15, -0.1) is 0 Å². The van der Waals surface area contributed by atoms with E-state index in [0.29, 0.717) is 35.4 Å².